The van der Waals surface area contributed by atoms with Crippen molar-refractivity contribution in [1.82, 2.24) is 19.0 Å². The molecule has 0 bridgehead atoms. The molecule has 6 rings (SSSR count). The molecule has 2 fully saturated rings. The van der Waals surface area contributed by atoms with E-state index in [9.17, 15) is 18.0 Å². The zero-order chi connectivity index (χ0) is 35.6. The Bertz CT molecular complexity index is 1940. The monoisotopic (exact) mass is 700 g/mol. The summed E-state index contributed by atoms with van der Waals surface area (Å²) >= 11 is 0. The summed E-state index contributed by atoms with van der Waals surface area (Å²) in [6.07, 6.45) is 5.13. The van der Waals surface area contributed by atoms with Crippen LogP contribution in [0.3, 0.4) is 0 Å². The number of aryl methyl sites for hydroxylation is 2. The Hall–Kier alpha value is -4.42. The molecule has 2 aromatic heterocycles. The summed E-state index contributed by atoms with van der Waals surface area (Å²) in [7, 11) is -3.76. The number of nitrogens with zero attached hydrogens (tertiary/aromatic N) is 4. The van der Waals surface area contributed by atoms with Crippen LogP contribution in [-0.2, 0) is 21.9 Å². The van der Waals surface area contributed by atoms with Crippen LogP contribution in [0.25, 0.3) is 5.69 Å². The molecule has 2 aliphatic heterocycles. The van der Waals surface area contributed by atoms with Crippen molar-refractivity contribution in [2.45, 2.75) is 83.7 Å². The van der Waals surface area contributed by atoms with Gasteiger partial charge in [0.15, 0.2) is 0 Å². The summed E-state index contributed by atoms with van der Waals surface area (Å²) in [6.45, 7) is 12.1. The van der Waals surface area contributed by atoms with E-state index in [0.29, 0.717) is 54.9 Å². The summed E-state index contributed by atoms with van der Waals surface area (Å²) in [5.74, 6) is 1.08. The van der Waals surface area contributed by atoms with Crippen molar-refractivity contribution in [1.29, 1.82) is 0 Å². The molecule has 4 heterocycles. The third-order valence-electron chi connectivity index (χ3n) is 9.64. The first kappa shape index (κ1) is 35.4. The number of sulfonamides is 1. The average molecular weight is 701 g/mol. The molecule has 0 radical (unpaired) electrons. The van der Waals surface area contributed by atoms with Gasteiger partial charge in [-0.25, -0.2) is 17.9 Å². The van der Waals surface area contributed by atoms with Gasteiger partial charge < -0.3 is 14.6 Å². The molecular formula is C38H48N6O5S. The summed E-state index contributed by atoms with van der Waals surface area (Å²) in [4.78, 5) is 28.5. The van der Waals surface area contributed by atoms with Crippen molar-refractivity contribution in [2.24, 2.45) is 5.92 Å². The fraction of sp³-hybridized carbons (Fsp3) is 0.447. The molecule has 4 aromatic rings. The van der Waals surface area contributed by atoms with Crippen LogP contribution in [0.1, 0.15) is 85.8 Å². The fourth-order valence-electron chi connectivity index (χ4n) is 6.64. The zero-order valence-corrected chi connectivity index (χ0v) is 30.5. The Morgan fingerprint density at radius 3 is 2.28 bits per heavy atom. The predicted octanol–water partition coefficient (Wildman–Crippen LogP) is 7.29. The number of rotatable bonds is 8. The molecule has 2 N–H and O–H groups in total. The van der Waals surface area contributed by atoms with Gasteiger partial charge in [-0.05, 0) is 81.7 Å². The summed E-state index contributed by atoms with van der Waals surface area (Å²) in [5.41, 5.74) is 4.78. The Balaban J connectivity index is 1.05. The molecule has 2 saturated heterocycles. The number of nitrogens with one attached hydrogen (secondary N) is 2. The van der Waals surface area contributed by atoms with E-state index >= 15 is 0 Å². The lowest BCUT2D eigenvalue weighted by Crippen LogP contribution is -2.39. The Labute approximate surface area is 295 Å². The number of urea groups is 1. The summed E-state index contributed by atoms with van der Waals surface area (Å²) in [5, 5.41) is 10.6. The van der Waals surface area contributed by atoms with E-state index in [1.165, 1.54) is 10.4 Å². The fourth-order valence-corrected chi connectivity index (χ4v) is 8.14. The number of carbonyl (C=O) groups excluding carboxylic acids is 2. The van der Waals surface area contributed by atoms with E-state index in [1.54, 1.807) is 16.5 Å². The summed E-state index contributed by atoms with van der Waals surface area (Å²) < 4.78 is 35.1. The van der Waals surface area contributed by atoms with Gasteiger partial charge in [-0.2, -0.15) is 9.40 Å². The van der Waals surface area contributed by atoms with Gasteiger partial charge in [-0.1, -0.05) is 57.0 Å². The molecule has 0 unspecified atom stereocenters. The van der Waals surface area contributed by atoms with E-state index < -0.39 is 10.0 Å². The lowest BCUT2D eigenvalue weighted by Gasteiger charge is -2.32. The minimum atomic E-state index is -3.76. The normalized spacial score (nSPS) is 16.4. The van der Waals surface area contributed by atoms with Crippen molar-refractivity contribution in [3.63, 3.8) is 0 Å². The number of likely N-dealkylation sites (tertiary alicyclic amines) is 1. The molecule has 0 saturated carbocycles. The number of furan rings is 1. The van der Waals surface area contributed by atoms with Gasteiger partial charge in [-0.3, -0.25) is 10.1 Å². The smallest absolute Gasteiger partial charge is 0.324 e. The van der Waals surface area contributed by atoms with Crippen LogP contribution in [0.5, 0.6) is 0 Å². The highest BCUT2D eigenvalue weighted by Gasteiger charge is 2.33. The third kappa shape index (κ3) is 7.97. The van der Waals surface area contributed by atoms with E-state index in [0.717, 1.165) is 61.0 Å². The maximum atomic E-state index is 13.5. The predicted molar refractivity (Wildman–Crippen MR) is 194 cm³/mol. The highest BCUT2D eigenvalue weighted by Crippen LogP contribution is 2.30. The van der Waals surface area contributed by atoms with Crippen LogP contribution < -0.4 is 10.6 Å². The quantitative estimate of drug-likeness (QED) is 0.199. The molecule has 0 atom stereocenters. The van der Waals surface area contributed by atoms with E-state index in [2.05, 4.69) is 37.5 Å². The minimum absolute atomic E-state index is 0.149. The van der Waals surface area contributed by atoms with Crippen LogP contribution in [-0.4, -0.2) is 65.5 Å². The van der Waals surface area contributed by atoms with Gasteiger partial charge in [-0.15, -0.1) is 0 Å². The van der Waals surface area contributed by atoms with E-state index in [1.807, 2.05) is 55.5 Å². The highest BCUT2D eigenvalue weighted by molar-refractivity contribution is 7.89. The van der Waals surface area contributed by atoms with Crippen LogP contribution in [0, 0.1) is 19.8 Å². The number of hydrogen-bond acceptors (Lipinski definition) is 6. The maximum Gasteiger partial charge on any atom is 0.324 e. The van der Waals surface area contributed by atoms with Crippen molar-refractivity contribution < 1.29 is 22.4 Å². The number of anilines is 2. The molecule has 2 aliphatic rings. The molecule has 0 aliphatic carbocycles. The van der Waals surface area contributed by atoms with Gasteiger partial charge >= 0.3 is 6.03 Å². The molecule has 0 spiro atoms. The van der Waals surface area contributed by atoms with Gasteiger partial charge in [0.25, 0.3) is 15.9 Å². The van der Waals surface area contributed by atoms with Crippen molar-refractivity contribution in [3.05, 3.63) is 88.8 Å². The van der Waals surface area contributed by atoms with Gasteiger partial charge in [0, 0.05) is 49.4 Å². The third-order valence-corrected chi connectivity index (χ3v) is 11.4. The second-order valence-electron chi connectivity index (χ2n) is 14.6. The standard InChI is InChI=1S/C38H48N6O5S/c1-26-12-14-31(15-13-26)44-34(25-33(41-44)38(3,4)5)40-37(46)39-30-11-9-10-29(23-30)22-28-16-20-42(21-17-28)36(45)32-24-35(49-27(32)2)50(47,48)43-18-7-6-8-19-43/h9-15,23-25,28H,6-8,16-22H2,1-5H3,(H2,39,40,46). The molecule has 3 amide bonds. The van der Waals surface area contributed by atoms with Crippen molar-refractivity contribution >= 4 is 33.5 Å². The topological polar surface area (TPSA) is 130 Å². The second kappa shape index (κ2) is 14.4. The highest BCUT2D eigenvalue weighted by atomic mass is 32.2. The Morgan fingerprint density at radius 1 is 0.900 bits per heavy atom. The number of carbonyl (C=O) groups is 2. The molecule has 50 heavy (non-hydrogen) atoms. The maximum absolute atomic E-state index is 13.5. The Kier molecular flexibility index (Phi) is 10.2. The number of benzene rings is 2. The molecular weight excluding hydrogens is 653 g/mol. The summed E-state index contributed by atoms with van der Waals surface area (Å²) in [6, 6.07) is 18.8. The first-order valence-corrected chi connectivity index (χ1v) is 19.0. The van der Waals surface area contributed by atoms with E-state index in [-0.39, 0.29) is 22.4 Å². The minimum Gasteiger partial charge on any atom is -0.448 e. The number of piperidine rings is 2. The molecule has 266 valence electrons. The van der Waals surface area contributed by atoms with Gasteiger partial charge in [0.1, 0.15) is 11.6 Å². The lowest BCUT2D eigenvalue weighted by atomic mass is 9.90. The zero-order valence-electron chi connectivity index (χ0n) is 29.7. The largest absolute Gasteiger partial charge is 0.448 e. The van der Waals surface area contributed by atoms with Gasteiger partial charge in [0.05, 0.1) is 16.9 Å². The second-order valence-corrected chi connectivity index (χ2v) is 16.5. The van der Waals surface area contributed by atoms with Gasteiger partial charge in [0.2, 0.25) is 5.09 Å². The number of aromatic nitrogens is 2. The average Bonchev–Trinajstić information content (AvgIpc) is 3.70. The number of amides is 3. The van der Waals surface area contributed by atoms with E-state index in [4.69, 9.17) is 9.52 Å². The van der Waals surface area contributed by atoms with Crippen LogP contribution in [0.15, 0.2) is 70.2 Å². The SMILES string of the molecule is Cc1ccc(-n2nc(C(C)(C)C)cc2NC(=O)Nc2cccc(CC3CCN(C(=O)c4cc(S(=O)(=O)N5CCCCC5)oc4C)CC3)c2)cc1. The first-order chi connectivity index (χ1) is 23.8. The van der Waals surface area contributed by atoms with Crippen LogP contribution in [0.4, 0.5) is 16.3 Å². The molecule has 12 heteroatoms. The molecule has 11 nitrogen and oxygen atoms in total. The molecule has 2 aromatic carbocycles. The van der Waals surface area contributed by atoms with Crippen LogP contribution >= 0.6 is 0 Å². The first-order valence-electron chi connectivity index (χ1n) is 17.5. The Morgan fingerprint density at radius 2 is 1.60 bits per heavy atom. The lowest BCUT2D eigenvalue weighted by molar-refractivity contribution is 0.0688. The van der Waals surface area contributed by atoms with Crippen molar-refractivity contribution in [2.75, 3.05) is 36.8 Å². The van der Waals surface area contributed by atoms with Crippen LogP contribution in [0.2, 0.25) is 0 Å². The van der Waals surface area contributed by atoms with Crippen molar-refractivity contribution in [3.8, 4) is 5.69 Å². The number of hydrogen-bond donors (Lipinski definition) is 2.